The van der Waals surface area contributed by atoms with Gasteiger partial charge in [-0.2, -0.15) is 0 Å². The average molecular weight is 243 g/mol. The van der Waals surface area contributed by atoms with E-state index in [1.54, 1.807) is 13.4 Å². The summed E-state index contributed by atoms with van der Waals surface area (Å²) in [6.07, 6.45) is 3.60. The van der Waals surface area contributed by atoms with Gasteiger partial charge < -0.3 is 9.30 Å². The van der Waals surface area contributed by atoms with Crippen LogP contribution in [0.5, 0.6) is 5.75 Å². The fourth-order valence-corrected chi connectivity index (χ4v) is 1.70. The van der Waals surface area contributed by atoms with Crippen molar-refractivity contribution < 1.29 is 4.74 Å². The van der Waals surface area contributed by atoms with Crippen molar-refractivity contribution in [3.63, 3.8) is 0 Å². The van der Waals surface area contributed by atoms with Crippen molar-refractivity contribution in [3.8, 4) is 5.75 Å². The number of methoxy groups -OCH3 is 1. The second-order valence-corrected chi connectivity index (χ2v) is 4.11. The van der Waals surface area contributed by atoms with Crippen LogP contribution < -0.4 is 4.74 Å². The number of aliphatic imine (C=N–C) groups is 1. The summed E-state index contributed by atoms with van der Waals surface area (Å²) in [6, 6.07) is 7.90. The molecule has 0 atom stereocenters. The van der Waals surface area contributed by atoms with Crippen molar-refractivity contribution in [2.75, 3.05) is 7.11 Å². The van der Waals surface area contributed by atoms with Crippen LogP contribution in [0.3, 0.4) is 0 Å². The minimum Gasteiger partial charge on any atom is -0.496 e. The van der Waals surface area contributed by atoms with Crippen LogP contribution in [0.15, 0.2) is 35.6 Å². The molecule has 0 aliphatic rings. The maximum atomic E-state index is 5.28. The molecule has 1 aromatic heterocycles. The van der Waals surface area contributed by atoms with Crippen molar-refractivity contribution in [2.24, 2.45) is 12.0 Å². The molecule has 1 aromatic carbocycles. The quantitative estimate of drug-likeness (QED) is 0.773. The van der Waals surface area contributed by atoms with Crippen LogP contribution in [0.4, 0.5) is 0 Å². The number of hydrogen-bond acceptors (Lipinski definition) is 3. The highest BCUT2D eigenvalue weighted by molar-refractivity contribution is 5.78. The van der Waals surface area contributed by atoms with E-state index < -0.39 is 0 Å². The first-order valence-corrected chi connectivity index (χ1v) is 5.82. The minimum absolute atomic E-state index is 0.597. The van der Waals surface area contributed by atoms with E-state index in [-0.39, 0.29) is 0 Å². The fourth-order valence-electron chi connectivity index (χ4n) is 1.70. The molecule has 4 nitrogen and oxygen atoms in total. The molecule has 0 unspecified atom stereocenters. The van der Waals surface area contributed by atoms with Crippen molar-refractivity contribution in [1.29, 1.82) is 0 Å². The van der Waals surface area contributed by atoms with Crippen LogP contribution in [-0.2, 0) is 13.6 Å². The zero-order valence-corrected chi connectivity index (χ0v) is 10.9. The SMILES string of the molecule is COc1ccccc1CN=Cc1ncn(C)c1C. The summed E-state index contributed by atoms with van der Waals surface area (Å²) < 4.78 is 7.26. The van der Waals surface area contributed by atoms with Crippen molar-refractivity contribution >= 4 is 6.21 Å². The number of hydrogen-bond donors (Lipinski definition) is 0. The number of aryl methyl sites for hydroxylation is 1. The van der Waals surface area contributed by atoms with E-state index in [1.165, 1.54) is 0 Å². The number of rotatable bonds is 4. The largest absolute Gasteiger partial charge is 0.496 e. The maximum Gasteiger partial charge on any atom is 0.123 e. The van der Waals surface area contributed by atoms with Gasteiger partial charge in [0.25, 0.3) is 0 Å². The predicted octanol–water partition coefficient (Wildman–Crippen LogP) is 2.36. The van der Waals surface area contributed by atoms with Crippen molar-refractivity contribution in [1.82, 2.24) is 9.55 Å². The fraction of sp³-hybridized carbons (Fsp3) is 0.286. The second kappa shape index (κ2) is 5.49. The van der Waals surface area contributed by atoms with Gasteiger partial charge in [0.05, 0.1) is 20.0 Å². The van der Waals surface area contributed by atoms with Gasteiger partial charge in [0, 0.05) is 24.5 Å². The highest BCUT2D eigenvalue weighted by Crippen LogP contribution is 2.17. The molecule has 0 amide bonds. The maximum absolute atomic E-state index is 5.28. The highest BCUT2D eigenvalue weighted by atomic mass is 16.5. The van der Waals surface area contributed by atoms with Gasteiger partial charge in [0.15, 0.2) is 0 Å². The molecule has 4 heteroatoms. The predicted molar refractivity (Wildman–Crippen MR) is 72.2 cm³/mol. The third-order valence-electron chi connectivity index (χ3n) is 2.94. The summed E-state index contributed by atoms with van der Waals surface area (Å²) >= 11 is 0. The molecule has 18 heavy (non-hydrogen) atoms. The topological polar surface area (TPSA) is 39.4 Å². The van der Waals surface area contributed by atoms with E-state index in [9.17, 15) is 0 Å². The van der Waals surface area contributed by atoms with Gasteiger partial charge in [-0.15, -0.1) is 0 Å². The molecule has 0 fully saturated rings. The molecule has 1 heterocycles. The molecule has 94 valence electrons. The molecule has 2 aromatic rings. The van der Waals surface area contributed by atoms with Crippen LogP contribution in [0.2, 0.25) is 0 Å². The van der Waals surface area contributed by atoms with E-state index >= 15 is 0 Å². The van der Waals surface area contributed by atoms with Crippen LogP contribution in [0, 0.1) is 6.92 Å². The Morgan fingerprint density at radius 3 is 2.83 bits per heavy atom. The Balaban J connectivity index is 2.09. The third kappa shape index (κ3) is 2.59. The lowest BCUT2D eigenvalue weighted by Crippen LogP contribution is -1.93. The Morgan fingerprint density at radius 2 is 2.17 bits per heavy atom. The molecule has 0 N–H and O–H groups in total. The first kappa shape index (κ1) is 12.4. The Labute approximate surface area is 107 Å². The molecule has 0 radical (unpaired) electrons. The summed E-state index contributed by atoms with van der Waals surface area (Å²) in [4.78, 5) is 8.69. The van der Waals surface area contributed by atoms with Gasteiger partial charge in [-0.25, -0.2) is 4.98 Å². The van der Waals surface area contributed by atoms with Crippen LogP contribution in [-0.4, -0.2) is 22.9 Å². The van der Waals surface area contributed by atoms with E-state index in [0.717, 1.165) is 22.7 Å². The standard InChI is InChI=1S/C14H17N3O/c1-11-13(16-10-17(11)2)9-15-8-12-6-4-5-7-14(12)18-3/h4-7,9-10H,8H2,1-3H3. The monoisotopic (exact) mass is 243 g/mol. The van der Waals surface area contributed by atoms with E-state index in [0.29, 0.717) is 6.54 Å². The van der Waals surface area contributed by atoms with Gasteiger partial charge in [0.2, 0.25) is 0 Å². The zero-order valence-electron chi connectivity index (χ0n) is 10.9. The Hall–Kier alpha value is -2.10. The molecule has 0 bridgehead atoms. The summed E-state index contributed by atoms with van der Waals surface area (Å²) in [7, 11) is 3.64. The lowest BCUT2D eigenvalue weighted by molar-refractivity contribution is 0.410. The molecule has 0 saturated heterocycles. The summed E-state index contributed by atoms with van der Waals surface area (Å²) in [5.74, 6) is 0.868. The first-order chi connectivity index (χ1) is 8.72. The molecular formula is C14H17N3O. The Morgan fingerprint density at radius 1 is 1.39 bits per heavy atom. The lowest BCUT2D eigenvalue weighted by Gasteiger charge is -2.04. The smallest absolute Gasteiger partial charge is 0.123 e. The van der Waals surface area contributed by atoms with Gasteiger partial charge >= 0.3 is 0 Å². The van der Waals surface area contributed by atoms with Crippen molar-refractivity contribution in [2.45, 2.75) is 13.5 Å². The average Bonchev–Trinajstić information content (AvgIpc) is 2.71. The summed E-state index contributed by atoms with van der Waals surface area (Å²) in [5.41, 5.74) is 3.09. The van der Waals surface area contributed by atoms with Gasteiger partial charge in [-0.3, -0.25) is 4.99 Å². The Bertz CT molecular complexity index is 558. The third-order valence-corrected chi connectivity index (χ3v) is 2.94. The van der Waals surface area contributed by atoms with Gasteiger partial charge in [0.1, 0.15) is 11.4 Å². The van der Waals surface area contributed by atoms with Crippen molar-refractivity contribution in [3.05, 3.63) is 47.5 Å². The molecule has 2 rings (SSSR count). The van der Waals surface area contributed by atoms with Crippen LogP contribution in [0.25, 0.3) is 0 Å². The number of para-hydroxylation sites is 1. The van der Waals surface area contributed by atoms with Crippen LogP contribution in [0.1, 0.15) is 17.0 Å². The number of imidazole rings is 1. The molecule has 0 spiro atoms. The molecule has 0 aliphatic carbocycles. The molecular weight excluding hydrogens is 226 g/mol. The first-order valence-electron chi connectivity index (χ1n) is 5.82. The normalized spacial score (nSPS) is 11.1. The second-order valence-electron chi connectivity index (χ2n) is 4.11. The van der Waals surface area contributed by atoms with E-state index in [2.05, 4.69) is 9.98 Å². The molecule has 0 aliphatic heterocycles. The number of ether oxygens (including phenoxy) is 1. The number of nitrogens with zero attached hydrogens (tertiary/aromatic N) is 3. The van der Waals surface area contributed by atoms with Gasteiger partial charge in [-0.05, 0) is 13.0 Å². The summed E-state index contributed by atoms with van der Waals surface area (Å²) in [5, 5.41) is 0. The number of aromatic nitrogens is 2. The molecule has 0 saturated carbocycles. The lowest BCUT2D eigenvalue weighted by atomic mass is 10.2. The minimum atomic E-state index is 0.597. The van der Waals surface area contributed by atoms with E-state index in [4.69, 9.17) is 4.74 Å². The van der Waals surface area contributed by atoms with Gasteiger partial charge in [-0.1, -0.05) is 18.2 Å². The highest BCUT2D eigenvalue weighted by Gasteiger charge is 2.01. The number of benzene rings is 1. The zero-order chi connectivity index (χ0) is 13.0. The Kier molecular flexibility index (Phi) is 3.77. The van der Waals surface area contributed by atoms with E-state index in [1.807, 2.05) is 49.0 Å². The summed E-state index contributed by atoms with van der Waals surface area (Å²) in [6.45, 7) is 2.62. The van der Waals surface area contributed by atoms with Crippen LogP contribution >= 0.6 is 0 Å².